The van der Waals surface area contributed by atoms with Gasteiger partial charge in [-0.05, 0) is 37.0 Å². The zero-order valence-electron chi connectivity index (χ0n) is 12.6. The Hall–Kier alpha value is -1.18. The van der Waals surface area contributed by atoms with Crippen LogP contribution in [-0.2, 0) is 14.8 Å². The summed E-state index contributed by atoms with van der Waals surface area (Å²) in [6.07, 6.45) is 0.912. The molecule has 5 nitrogen and oxygen atoms in total. The summed E-state index contributed by atoms with van der Waals surface area (Å²) >= 11 is 0. The first kappa shape index (κ1) is 17.9. The fraction of sp³-hybridized carbons (Fsp3) is 0.571. The molecule has 3 N–H and O–H groups in total. The molecule has 0 atom stereocenters. The van der Waals surface area contributed by atoms with Gasteiger partial charge >= 0.3 is 0 Å². The number of nitrogen functional groups attached to an aromatic ring is 1. The maximum absolute atomic E-state index is 13.9. The van der Waals surface area contributed by atoms with Gasteiger partial charge in [0.2, 0.25) is 10.0 Å². The van der Waals surface area contributed by atoms with Crippen molar-refractivity contribution in [2.24, 2.45) is 5.92 Å². The van der Waals surface area contributed by atoms with E-state index in [0.29, 0.717) is 12.5 Å². The first-order chi connectivity index (χ1) is 9.74. The summed E-state index contributed by atoms with van der Waals surface area (Å²) < 4.78 is 45.6. The molecule has 1 rings (SSSR count). The Labute approximate surface area is 125 Å². The second kappa shape index (κ2) is 7.72. The van der Waals surface area contributed by atoms with Gasteiger partial charge in [-0.1, -0.05) is 13.8 Å². The number of anilines is 1. The highest BCUT2D eigenvalue weighted by Gasteiger charge is 2.20. The molecular formula is C14H23FN2O3S. The highest BCUT2D eigenvalue weighted by Crippen LogP contribution is 2.21. The van der Waals surface area contributed by atoms with Gasteiger partial charge in [0.15, 0.2) is 0 Å². The Balaban J connectivity index is 2.59. The average Bonchev–Trinajstić information content (AvgIpc) is 2.37. The molecule has 0 spiro atoms. The van der Waals surface area contributed by atoms with E-state index >= 15 is 0 Å². The minimum atomic E-state index is -3.92. The fourth-order valence-corrected chi connectivity index (χ4v) is 2.90. The highest BCUT2D eigenvalue weighted by atomic mass is 32.2. The summed E-state index contributed by atoms with van der Waals surface area (Å²) in [5, 5.41) is 0. The molecule has 0 aliphatic rings. The van der Waals surface area contributed by atoms with Crippen LogP contribution in [0.25, 0.3) is 0 Å². The summed E-state index contributed by atoms with van der Waals surface area (Å²) in [6, 6.07) is 2.51. The quantitative estimate of drug-likeness (QED) is 0.568. The third-order valence-electron chi connectivity index (χ3n) is 2.91. The van der Waals surface area contributed by atoms with Crippen LogP contribution >= 0.6 is 0 Å². The second-order valence-corrected chi connectivity index (χ2v) is 7.08. The average molecular weight is 318 g/mol. The largest absolute Gasteiger partial charge is 0.399 e. The summed E-state index contributed by atoms with van der Waals surface area (Å²) in [7, 11) is -3.92. The molecule has 0 aliphatic heterocycles. The van der Waals surface area contributed by atoms with Gasteiger partial charge in [-0.3, -0.25) is 0 Å². The van der Waals surface area contributed by atoms with E-state index in [9.17, 15) is 12.8 Å². The van der Waals surface area contributed by atoms with E-state index in [-0.39, 0.29) is 24.4 Å². The first-order valence-corrected chi connectivity index (χ1v) is 8.35. The predicted molar refractivity (Wildman–Crippen MR) is 81.0 cm³/mol. The zero-order chi connectivity index (χ0) is 16.0. The first-order valence-electron chi connectivity index (χ1n) is 6.87. The highest BCUT2D eigenvalue weighted by molar-refractivity contribution is 7.89. The minimum Gasteiger partial charge on any atom is -0.399 e. The van der Waals surface area contributed by atoms with E-state index in [1.165, 1.54) is 13.0 Å². The van der Waals surface area contributed by atoms with Gasteiger partial charge in [-0.2, -0.15) is 0 Å². The molecule has 0 fully saturated rings. The van der Waals surface area contributed by atoms with Gasteiger partial charge in [0, 0.05) is 18.8 Å². The summed E-state index contributed by atoms with van der Waals surface area (Å²) in [4.78, 5) is -0.429. The lowest BCUT2D eigenvalue weighted by Gasteiger charge is -2.11. The van der Waals surface area contributed by atoms with Gasteiger partial charge in [-0.25, -0.2) is 17.5 Å². The van der Waals surface area contributed by atoms with E-state index in [4.69, 9.17) is 10.5 Å². The van der Waals surface area contributed by atoms with Crippen LogP contribution < -0.4 is 10.5 Å². The van der Waals surface area contributed by atoms with Gasteiger partial charge in [-0.15, -0.1) is 0 Å². The monoisotopic (exact) mass is 318 g/mol. The van der Waals surface area contributed by atoms with Crippen molar-refractivity contribution in [3.8, 4) is 0 Å². The molecule has 0 saturated heterocycles. The lowest BCUT2D eigenvalue weighted by atomic mass is 10.1. The molecule has 0 amide bonds. The molecule has 0 heterocycles. The summed E-state index contributed by atoms with van der Waals surface area (Å²) in [6.45, 7) is 6.54. The number of sulfonamides is 1. The van der Waals surface area contributed by atoms with Crippen molar-refractivity contribution < 1.29 is 17.5 Å². The minimum absolute atomic E-state index is 0.0910. The number of halogens is 1. The van der Waals surface area contributed by atoms with Crippen LogP contribution in [0.5, 0.6) is 0 Å². The molecule has 1 aromatic carbocycles. The van der Waals surface area contributed by atoms with Gasteiger partial charge in [0.1, 0.15) is 10.7 Å². The molecule has 0 aromatic heterocycles. The number of nitrogens with two attached hydrogens (primary N) is 1. The van der Waals surface area contributed by atoms with Crippen LogP contribution in [0.2, 0.25) is 0 Å². The molecule has 0 bridgehead atoms. The number of ether oxygens (including phenoxy) is 1. The molecule has 0 radical (unpaired) electrons. The van der Waals surface area contributed by atoms with Crippen molar-refractivity contribution in [2.75, 3.05) is 25.5 Å². The third kappa shape index (κ3) is 5.61. The van der Waals surface area contributed by atoms with E-state index in [0.717, 1.165) is 12.5 Å². The van der Waals surface area contributed by atoms with Crippen LogP contribution in [0.1, 0.15) is 25.8 Å². The van der Waals surface area contributed by atoms with Crippen molar-refractivity contribution in [1.82, 2.24) is 4.72 Å². The number of nitrogens with one attached hydrogen (secondary N) is 1. The normalized spacial score (nSPS) is 12.0. The molecule has 0 aliphatic carbocycles. The van der Waals surface area contributed by atoms with Crippen LogP contribution in [0.3, 0.4) is 0 Å². The fourth-order valence-electron chi connectivity index (χ4n) is 1.71. The van der Waals surface area contributed by atoms with Crippen LogP contribution in [0, 0.1) is 18.7 Å². The SMILES string of the molecule is Cc1cc(N)cc(S(=O)(=O)NCCOCCC(C)C)c1F. The maximum Gasteiger partial charge on any atom is 0.243 e. The van der Waals surface area contributed by atoms with E-state index in [1.54, 1.807) is 0 Å². The second-order valence-electron chi connectivity index (χ2n) is 5.34. The third-order valence-corrected chi connectivity index (χ3v) is 4.37. The number of aryl methyl sites for hydroxylation is 1. The maximum atomic E-state index is 13.9. The van der Waals surface area contributed by atoms with Crippen molar-refractivity contribution in [3.63, 3.8) is 0 Å². The molecule has 21 heavy (non-hydrogen) atoms. The van der Waals surface area contributed by atoms with Gasteiger partial charge in [0.05, 0.1) is 6.61 Å². The molecule has 0 unspecified atom stereocenters. The Bertz CT molecular complexity index is 574. The summed E-state index contributed by atoms with van der Waals surface area (Å²) in [5.41, 5.74) is 5.97. The zero-order valence-corrected chi connectivity index (χ0v) is 13.5. The summed E-state index contributed by atoms with van der Waals surface area (Å²) in [5.74, 6) is -0.247. The van der Waals surface area contributed by atoms with Gasteiger partial charge in [0.25, 0.3) is 0 Å². The van der Waals surface area contributed by atoms with E-state index in [1.807, 2.05) is 0 Å². The molecule has 120 valence electrons. The standard InChI is InChI=1S/C14H23FN2O3S/c1-10(2)4-6-20-7-5-17-21(18,19)13-9-12(16)8-11(3)14(13)15/h8-10,17H,4-7,16H2,1-3H3. The van der Waals surface area contributed by atoms with E-state index < -0.39 is 20.7 Å². The molecule has 1 aromatic rings. The van der Waals surface area contributed by atoms with E-state index in [2.05, 4.69) is 18.6 Å². The Kier molecular flexibility index (Phi) is 6.57. The number of benzene rings is 1. The van der Waals surface area contributed by atoms with Crippen LogP contribution in [-0.4, -0.2) is 28.2 Å². The predicted octanol–water partition coefficient (Wildman–Crippen LogP) is 2.06. The lowest BCUT2D eigenvalue weighted by Crippen LogP contribution is -2.28. The molecule has 7 heteroatoms. The van der Waals surface area contributed by atoms with Gasteiger partial charge < -0.3 is 10.5 Å². The molecular weight excluding hydrogens is 295 g/mol. The number of hydrogen-bond acceptors (Lipinski definition) is 4. The lowest BCUT2D eigenvalue weighted by molar-refractivity contribution is 0.128. The van der Waals surface area contributed by atoms with Crippen LogP contribution in [0.4, 0.5) is 10.1 Å². The molecule has 0 saturated carbocycles. The van der Waals surface area contributed by atoms with Crippen molar-refractivity contribution in [3.05, 3.63) is 23.5 Å². The topological polar surface area (TPSA) is 81.4 Å². The number of rotatable bonds is 8. The number of hydrogen-bond donors (Lipinski definition) is 2. The van der Waals surface area contributed by atoms with Crippen LogP contribution in [0.15, 0.2) is 17.0 Å². The smallest absolute Gasteiger partial charge is 0.243 e. The van der Waals surface area contributed by atoms with Crippen molar-refractivity contribution in [2.45, 2.75) is 32.1 Å². The Morgan fingerprint density at radius 2 is 2.00 bits per heavy atom. The Morgan fingerprint density at radius 3 is 2.62 bits per heavy atom. The van der Waals surface area contributed by atoms with Crippen molar-refractivity contribution in [1.29, 1.82) is 0 Å². The van der Waals surface area contributed by atoms with Crippen molar-refractivity contribution >= 4 is 15.7 Å². The Morgan fingerprint density at radius 1 is 1.33 bits per heavy atom.